The van der Waals surface area contributed by atoms with Crippen LogP contribution in [0.3, 0.4) is 0 Å². The van der Waals surface area contributed by atoms with Gasteiger partial charge in [-0.1, -0.05) is 0 Å². The zero-order valence-corrected chi connectivity index (χ0v) is 5.20. The minimum atomic E-state index is 0.259. The Bertz CT molecular complexity index is 77.7. The van der Waals surface area contributed by atoms with Crippen molar-refractivity contribution in [2.75, 3.05) is 13.6 Å². The highest BCUT2D eigenvalue weighted by atomic mass is 15.4. The maximum Gasteiger partial charge on any atom is 0.0447 e. The van der Waals surface area contributed by atoms with Crippen molar-refractivity contribution in [1.29, 1.82) is 0 Å². The van der Waals surface area contributed by atoms with E-state index >= 15 is 0 Å². The molecule has 1 saturated carbocycles. The summed E-state index contributed by atoms with van der Waals surface area (Å²) in [6.45, 7) is 0.744. The average Bonchev–Trinajstić information content (AvgIpc) is 2.50. The highest BCUT2D eigenvalue weighted by Crippen LogP contribution is 2.32. The van der Waals surface area contributed by atoms with Gasteiger partial charge in [0.05, 0.1) is 0 Å². The van der Waals surface area contributed by atoms with Gasteiger partial charge in [0.2, 0.25) is 0 Å². The fourth-order valence-corrected chi connectivity index (χ4v) is 0.796. The summed E-state index contributed by atoms with van der Waals surface area (Å²) in [7, 11) is 1.87. The van der Waals surface area contributed by atoms with Crippen LogP contribution in [0, 0.1) is 0 Å². The predicted molar refractivity (Wildman–Crippen MR) is 33.2 cm³/mol. The highest BCUT2D eigenvalue weighted by molar-refractivity contribution is 5.01. The number of hydrogen-bond donors (Lipinski definition) is 3. The van der Waals surface area contributed by atoms with Gasteiger partial charge >= 0.3 is 0 Å². The second-order valence-corrected chi connectivity index (χ2v) is 2.36. The lowest BCUT2D eigenvalue weighted by molar-refractivity contribution is 0.451. The molecule has 0 spiro atoms. The van der Waals surface area contributed by atoms with E-state index < -0.39 is 0 Å². The van der Waals surface area contributed by atoms with E-state index in [1.54, 1.807) is 0 Å². The number of hydrazine groups is 1. The monoisotopic (exact) mass is 115 g/mol. The van der Waals surface area contributed by atoms with Crippen LogP contribution in [0.5, 0.6) is 0 Å². The van der Waals surface area contributed by atoms with Gasteiger partial charge in [0.25, 0.3) is 0 Å². The van der Waals surface area contributed by atoms with Gasteiger partial charge in [0, 0.05) is 12.1 Å². The number of nitrogens with one attached hydrogen (secondary N) is 2. The van der Waals surface area contributed by atoms with Crippen molar-refractivity contribution in [3.05, 3.63) is 0 Å². The molecule has 0 aromatic carbocycles. The second-order valence-electron chi connectivity index (χ2n) is 2.36. The molecule has 4 N–H and O–H groups in total. The molecule has 1 fully saturated rings. The topological polar surface area (TPSA) is 50.1 Å². The fraction of sp³-hybridized carbons (Fsp3) is 1.00. The molecule has 0 aromatic rings. The quantitative estimate of drug-likeness (QED) is 0.422. The fourth-order valence-electron chi connectivity index (χ4n) is 0.796. The molecule has 1 aliphatic rings. The zero-order chi connectivity index (χ0) is 6.04. The molecule has 1 rings (SSSR count). The third-order valence-electron chi connectivity index (χ3n) is 1.63. The Kier molecular flexibility index (Phi) is 1.51. The summed E-state index contributed by atoms with van der Waals surface area (Å²) in [5.74, 6) is 0. The lowest BCUT2D eigenvalue weighted by atomic mass is 10.3. The van der Waals surface area contributed by atoms with Crippen molar-refractivity contribution in [2.45, 2.75) is 18.4 Å². The maximum atomic E-state index is 5.45. The van der Waals surface area contributed by atoms with E-state index in [4.69, 9.17) is 5.73 Å². The Balaban J connectivity index is 2.20. The molecule has 48 valence electrons. The Morgan fingerprint density at radius 3 is 2.38 bits per heavy atom. The molecule has 0 heterocycles. The first-order chi connectivity index (χ1) is 3.83. The smallest absolute Gasteiger partial charge is 0.0447 e. The molecule has 8 heavy (non-hydrogen) atoms. The van der Waals surface area contributed by atoms with Gasteiger partial charge in [-0.15, -0.1) is 0 Å². The van der Waals surface area contributed by atoms with Crippen LogP contribution in [-0.4, -0.2) is 19.1 Å². The van der Waals surface area contributed by atoms with Crippen LogP contribution in [-0.2, 0) is 0 Å². The number of hydrogen-bond acceptors (Lipinski definition) is 3. The molecule has 0 amide bonds. The minimum Gasteiger partial charge on any atom is -0.329 e. The van der Waals surface area contributed by atoms with E-state index in [1.165, 1.54) is 12.8 Å². The molecule has 0 bridgehead atoms. The normalized spacial score (nSPS) is 23.2. The molecular formula is C5H13N3. The summed E-state index contributed by atoms with van der Waals surface area (Å²) in [5, 5.41) is 0. The molecule has 1 aliphatic carbocycles. The van der Waals surface area contributed by atoms with E-state index in [2.05, 4.69) is 10.9 Å². The Labute approximate surface area is 49.6 Å². The summed E-state index contributed by atoms with van der Waals surface area (Å²) in [4.78, 5) is 0. The summed E-state index contributed by atoms with van der Waals surface area (Å²) < 4.78 is 0. The van der Waals surface area contributed by atoms with Crippen LogP contribution in [0.4, 0.5) is 0 Å². The Morgan fingerprint density at radius 1 is 1.62 bits per heavy atom. The molecular weight excluding hydrogens is 102 g/mol. The van der Waals surface area contributed by atoms with Crippen molar-refractivity contribution in [3.8, 4) is 0 Å². The van der Waals surface area contributed by atoms with E-state index in [0.29, 0.717) is 0 Å². The van der Waals surface area contributed by atoms with Gasteiger partial charge in [-0.3, -0.25) is 10.9 Å². The van der Waals surface area contributed by atoms with E-state index in [1.807, 2.05) is 7.05 Å². The largest absolute Gasteiger partial charge is 0.329 e. The maximum absolute atomic E-state index is 5.45. The molecule has 0 unspecified atom stereocenters. The first-order valence-electron chi connectivity index (χ1n) is 2.97. The molecule has 0 aromatic heterocycles. The van der Waals surface area contributed by atoms with Crippen molar-refractivity contribution >= 4 is 0 Å². The molecule has 3 heteroatoms. The molecule has 0 saturated heterocycles. The average molecular weight is 115 g/mol. The van der Waals surface area contributed by atoms with Gasteiger partial charge in [-0.05, 0) is 19.9 Å². The van der Waals surface area contributed by atoms with Crippen LogP contribution in [0.2, 0.25) is 0 Å². The predicted octanol–water partition coefficient (Wildman–Crippen LogP) is -0.798. The highest BCUT2D eigenvalue weighted by Gasteiger charge is 2.40. The van der Waals surface area contributed by atoms with Crippen molar-refractivity contribution < 1.29 is 0 Å². The lowest BCUT2D eigenvalue weighted by Crippen LogP contribution is -2.45. The number of nitrogens with two attached hydrogens (primary N) is 1. The van der Waals surface area contributed by atoms with Gasteiger partial charge in [0.15, 0.2) is 0 Å². The first kappa shape index (κ1) is 6.01. The first-order valence-corrected chi connectivity index (χ1v) is 2.97. The number of rotatable bonds is 3. The standard InChI is InChI=1S/C5H13N3/c1-7-8-5(4-6)2-3-5/h7-8H,2-4,6H2,1H3. The third-order valence-corrected chi connectivity index (χ3v) is 1.63. The minimum absolute atomic E-state index is 0.259. The Morgan fingerprint density at radius 2 is 2.25 bits per heavy atom. The van der Waals surface area contributed by atoms with Crippen LogP contribution < -0.4 is 16.6 Å². The van der Waals surface area contributed by atoms with Gasteiger partial charge in [-0.2, -0.15) is 0 Å². The summed E-state index contributed by atoms with van der Waals surface area (Å²) in [6, 6.07) is 0. The molecule has 0 atom stereocenters. The van der Waals surface area contributed by atoms with Crippen molar-refractivity contribution in [3.63, 3.8) is 0 Å². The molecule has 0 radical (unpaired) electrons. The van der Waals surface area contributed by atoms with Gasteiger partial charge < -0.3 is 5.73 Å². The van der Waals surface area contributed by atoms with E-state index in [0.717, 1.165) is 6.54 Å². The second kappa shape index (κ2) is 2.01. The molecule has 3 nitrogen and oxygen atoms in total. The van der Waals surface area contributed by atoms with Crippen LogP contribution in [0.25, 0.3) is 0 Å². The zero-order valence-electron chi connectivity index (χ0n) is 5.20. The lowest BCUT2D eigenvalue weighted by Gasteiger charge is -2.12. The summed E-state index contributed by atoms with van der Waals surface area (Å²) in [5.41, 5.74) is 11.7. The van der Waals surface area contributed by atoms with Crippen LogP contribution in [0.15, 0.2) is 0 Å². The van der Waals surface area contributed by atoms with E-state index in [-0.39, 0.29) is 5.54 Å². The van der Waals surface area contributed by atoms with Crippen LogP contribution >= 0.6 is 0 Å². The van der Waals surface area contributed by atoms with Crippen molar-refractivity contribution in [1.82, 2.24) is 10.9 Å². The van der Waals surface area contributed by atoms with Gasteiger partial charge in [0.1, 0.15) is 0 Å². The molecule has 0 aliphatic heterocycles. The SMILES string of the molecule is CNNC1(CN)CC1. The summed E-state index contributed by atoms with van der Waals surface area (Å²) >= 11 is 0. The van der Waals surface area contributed by atoms with Crippen molar-refractivity contribution in [2.24, 2.45) is 5.73 Å². The Hall–Kier alpha value is -0.120. The van der Waals surface area contributed by atoms with E-state index in [9.17, 15) is 0 Å². The van der Waals surface area contributed by atoms with Gasteiger partial charge in [-0.25, -0.2) is 0 Å². The van der Waals surface area contributed by atoms with Crippen LogP contribution in [0.1, 0.15) is 12.8 Å². The third kappa shape index (κ3) is 0.992. The summed E-state index contributed by atoms with van der Waals surface area (Å²) in [6.07, 6.45) is 2.43.